The molecule has 0 aromatic heterocycles. The molecule has 6 heteroatoms. The van der Waals surface area contributed by atoms with Gasteiger partial charge in [0.15, 0.2) is 5.79 Å². The fraction of sp³-hybridized carbons (Fsp3) is 0.917. The van der Waals surface area contributed by atoms with Gasteiger partial charge in [-0.2, -0.15) is 0 Å². The zero-order chi connectivity index (χ0) is 23.0. The van der Waals surface area contributed by atoms with Gasteiger partial charge in [-0.1, -0.05) is 41.0 Å². The minimum atomic E-state index is -0.482. The van der Waals surface area contributed by atoms with Crippen LogP contribution in [0.15, 0.2) is 0 Å². The minimum Gasteiger partial charge on any atom is -0.354 e. The Morgan fingerprint density at radius 3 is 2.13 bits per heavy atom. The largest absolute Gasteiger partial charge is 0.354 e. The number of ether oxygens (including phenoxy) is 2. The summed E-state index contributed by atoms with van der Waals surface area (Å²) < 4.78 is 12.1. The SMILES string of the molecule is CC.CNCCOC1(OCCNC(=O)CC(C)CC(C)(C)CC(C)=O)CCCCC1. The monoisotopic (exact) mass is 428 g/mol. The predicted molar refractivity (Wildman–Crippen MR) is 123 cm³/mol. The topological polar surface area (TPSA) is 76.7 Å². The predicted octanol–water partition coefficient (Wildman–Crippen LogP) is 4.46. The molecule has 1 atom stereocenters. The van der Waals surface area contributed by atoms with E-state index in [4.69, 9.17) is 9.47 Å². The first-order valence-electron chi connectivity index (χ1n) is 11.9. The zero-order valence-electron chi connectivity index (χ0n) is 20.7. The lowest BCUT2D eigenvalue weighted by molar-refractivity contribution is -0.250. The van der Waals surface area contributed by atoms with Crippen molar-refractivity contribution in [2.45, 2.75) is 98.7 Å². The number of rotatable bonds is 14. The molecule has 0 radical (unpaired) electrons. The molecule has 2 N–H and O–H groups in total. The summed E-state index contributed by atoms with van der Waals surface area (Å²) in [4.78, 5) is 23.6. The maximum atomic E-state index is 12.2. The molecule has 1 saturated carbocycles. The Morgan fingerprint density at radius 2 is 1.60 bits per heavy atom. The molecule has 178 valence electrons. The van der Waals surface area contributed by atoms with Crippen molar-refractivity contribution in [2.24, 2.45) is 11.3 Å². The highest BCUT2D eigenvalue weighted by Gasteiger charge is 2.33. The smallest absolute Gasteiger partial charge is 0.220 e. The van der Waals surface area contributed by atoms with E-state index in [1.165, 1.54) is 6.42 Å². The number of carbonyl (C=O) groups is 2. The average molecular weight is 429 g/mol. The molecule has 0 aliphatic heterocycles. The molecule has 1 aliphatic carbocycles. The Hall–Kier alpha value is -0.980. The first-order valence-corrected chi connectivity index (χ1v) is 11.9. The van der Waals surface area contributed by atoms with Crippen LogP contribution in [0.1, 0.15) is 92.9 Å². The van der Waals surface area contributed by atoms with Gasteiger partial charge in [-0.05, 0) is 44.6 Å². The van der Waals surface area contributed by atoms with Crippen LogP contribution in [0.25, 0.3) is 0 Å². The maximum absolute atomic E-state index is 12.2. The highest BCUT2D eigenvalue weighted by Crippen LogP contribution is 2.33. The van der Waals surface area contributed by atoms with Crippen molar-refractivity contribution >= 4 is 11.7 Å². The third kappa shape index (κ3) is 13.3. The molecule has 1 aliphatic rings. The standard InChI is InChI=1S/C22H42N2O4.C2H6/c1-18(16-21(3,4)17-19(2)25)15-20(26)24-12-14-28-22(27-13-11-23-5)9-7-6-8-10-22;1-2/h18,23H,6-17H2,1-5H3,(H,24,26);1-2H3. The van der Waals surface area contributed by atoms with Gasteiger partial charge >= 0.3 is 0 Å². The third-order valence-corrected chi connectivity index (χ3v) is 5.28. The molecule has 1 rings (SSSR count). The number of ketones is 1. The molecule has 6 nitrogen and oxygen atoms in total. The van der Waals surface area contributed by atoms with Gasteiger partial charge in [0, 0.05) is 38.8 Å². The number of amides is 1. The first kappa shape index (κ1) is 29.0. The molecule has 30 heavy (non-hydrogen) atoms. The van der Waals surface area contributed by atoms with Gasteiger partial charge in [0.25, 0.3) is 0 Å². The van der Waals surface area contributed by atoms with E-state index in [0.717, 1.165) is 38.6 Å². The summed E-state index contributed by atoms with van der Waals surface area (Å²) in [5.41, 5.74) is -0.0628. The van der Waals surface area contributed by atoms with Gasteiger partial charge in [-0.15, -0.1) is 0 Å². The number of nitrogens with one attached hydrogen (secondary N) is 2. The first-order chi connectivity index (χ1) is 14.2. The Bertz CT molecular complexity index is 474. The number of hydrogen-bond donors (Lipinski definition) is 2. The lowest BCUT2D eigenvalue weighted by Crippen LogP contribution is -2.42. The van der Waals surface area contributed by atoms with E-state index in [1.54, 1.807) is 6.92 Å². The van der Waals surface area contributed by atoms with Gasteiger partial charge in [0.2, 0.25) is 5.91 Å². The van der Waals surface area contributed by atoms with Crippen LogP contribution in [0.3, 0.4) is 0 Å². The third-order valence-electron chi connectivity index (χ3n) is 5.28. The minimum absolute atomic E-state index is 0.0449. The van der Waals surface area contributed by atoms with Gasteiger partial charge < -0.3 is 24.9 Å². The Balaban J connectivity index is 0.00000407. The Kier molecular flexibility index (Phi) is 15.3. The molecule has 0 aromatic carbocycles. The average Bonchev–Trinajstić information content (AvgIpc) is 2.66. The molecule has 0 saturated heterocycles. The summed E-state index contributed by atoms with van der Waals surface area (Å²) >= 11 is 0. The second kappa shape index (κ2) is 15.8. The molecule has 1 amide bonds. The summed E-state index contributed by atoms with van der Waals surface area (Å²) in [7, 11) is 1.91. The van der Waals surface area contributed by atoms with E-state index in [2.05, 4.69) is 31.4 Å². The maximum Gasteiger partial charge on any atom is 0.220 e. The Labute approximate surface area is 185 Å². The van der Waals surface area contributed by atoms with Crippen molar-refractivity contribution in [2.75, 3.05) is 33.4 Å². The number of likely N-dealkylation sites (N-methyl/N-ethyl adjacent to an activating group) is 1. The lowest BCUT2D eigenvalue weighted by Gasteiger charge is -2.37. The van der Waals surface area contributed by atoms with Crippen LogP contribution in [0, 0.1) is 11.3 Å². The van der Waals surface area contributed by atoms with E-state index in [-0.39, 0.29) is 23.0 Å². The van der Waals surface area contributed by atoms with Crippen LogP contribution < -0.4 is 10.6 Å². The molecule has 0 bridgehead atoms. The number of hydrogen-bond acceptors (Lipinski definition) is 5. The molecule has 0 spiro atoms. The van der Waals surface area contributed by atoms with Crippen LogP contribution >= 0.6 is 0 Å². The van der Waals surface area contributed by atoms with Crippen molar-refractivity contribution in [3.63, 3.8) is 0 Å². The van der Waals surface area contributed by atoms with Crippen LogP contribution in [0.5, 0.6) is 0 Å². The summed E-state index contributed by atoms with van der Waals surface area (Å²) in [5, 5.41) is 6.06. The Morgan fingerprint density at radius 1 is 1.03 bits per heavy atom. The van der Waals surface area contributed by atoms with Crippen LogP contribution in [-0.2, 0) is 19.1 Å². The second-order valence-electron chi connectivity index (χ2n) is 9.18. The fourth-order valence-electron chi connectivity index (χ4n) is 4.34. The molecular weight excluding hydrogens is 380 g/mol. The zero-order valence-corrected chi connectivity index (χ0v) is 20.7. The summed E-state index contributed by atoms with van der Waals surface area (Å²) in [5.74, 6) is 0.00448. The molecule has 1 fully saturated rings. The van der Waals surface area contributed by atoms with E-state index in [0.29, 0.717) is 32.6 Å². The highest BCUT2D eigenvalue weighted by molar-refractivity contribution is 5.76. The fourth-order valence-corrected chi connectivity index (χ4v) is 4.34. The van der Waals surface area contributed by atoms with Crippen molar-refractivity contribution in [3.05, 3.63) is 0 Å². The lowest BCUT2D eigenvalue weighted by atomic mass is 9.78. The quantitative estimate of drug-likeness (QED) is 0.315. The highest BCUT2D eigenvalue weighted by atomic mass is 16.7. The number of Topliss-reactive ketones (excluding diaryl/α,β-unsaturated/α-hetero) is 1. The normalized spacial score (nSPS) is 16.9. The van der Waals surface area contributed by atoms with Crippen molar-refractivity contribution < 1.29 is 19.1 Å². The van der Waals surface area contributed by atoms with Crippen molar-refractivity contribution in [1.82, 2.24) is 10.6 Å². The van der Waals surface area contributed by atoms with Crippen LogP contribution in [-0.4, -0.2) is 50.8 Å². The van der Waals surface area contributed by atoms with E-state index in [9.17, 15) is 9.59 Å². The van der Waals surface area contributed by atoms with Crippen molar-refractivity contribution in [1.29, 1.82) is 0 Å². The van der Waals surface area contributed by atoms with Gasteiger partial charge in [-0.25, -0.2) is 0 Å². The number of carbonyl (C=O) groups excluding carboxylic acids is 2. The van der Waals surface area contributed by atoms with Crippen LogP contribution in [0.2, 0.25) is 0 Å². The summed E-state index contributed by atoms with van der Waals surface area (Å²) in [6.45, 7) is 14.3. The van der Waals surface area contributed by atoms with Gasteiger partial charge in [0.05, 0.1) is 13.2 Å². The summed E-state index contributed by atoms with van der Waals surface area (Å²) in [6.07, 6.45) is 7.22. The summed E-state index contributed by atoms with van der Waals surface area (Å²) in [6, 6.07) is 0. The van der Waals surface area contributed by atoms with Crippen LogP contribution in [0.4, 0.5) is 0 Å². The molecule has 0 aromatic rings. The van der Waals surface area contributed by atoms with Crippen molar-refractivity contribution in [3.8, 4) is 0 Å². The molecular formula is C24H48N2O4. The second-order valence-corrected chi connectivity index (χ2v) is 9.18. The van der Waals surface area contributed by atoms with Gasteiger partial charge in [-0.3, -0.25) is 4.79 Å². The van der Waals surface area contributed by atoms with E-state index >= 15 is 0 Å². The molecule has 0 heterocycles. The van der Waals surface area contributed by atoms with Gasteiger partial charge in [0.1, 0.15) is 5.78 Å². The molecule has 1 unspecified atom stereocenters. The van der Waals surface area contributed by atoms with E-state index < -0.39 is 5.79 Å². The van der Waals surface area contributed by atoms with E-state index in [1.807, 2.05) is 20.9 Å².